The van der Waals surface area contributed by atoms with E-state index < -0.39 is 5.97 Å². The van der Waals surface area contributed by atoms with Gasteiger partial charge in [-0.15, -0.1) is 0 Å². The molecule has 0 atom stereocenters. The Hall–Kier alpha value is -2.89. The van der Waals surface area contributed by atoms with Crippen molar-refractivity contribution in [2.75, 3.05) is 13.2 Å². The zero-order chi connectivity index (χ0) is 17.4. The van der Waals surface area contributed by atoms with Crippen LogP contribution in [0.4, 0.5) is 0 Å². The monoisotopic (exact) mass is 328 g/mol. The van der Waals surface area contributed by atoms with E-state index in [-0.39, 0.29) is 25.2 Å². The number of carbonyl (C=O) groups excluding carboxylic acids is 2. The summed E-state index contributed by atoms with van der Waals surface area (Å²) in [7, 11) is 0. The Bertz CT molecular complexity index is 686. The van der Waals surface area contributed by atoms with Crippen LogP contribution in [0.25, 0.3) is 0 Å². The fourth-order valence-electron chi connectivity index (χ4n) is 1.98. The maximum Gasteiger partial charge on any atom is 0.341 e. The molecular weight excluding hydrogens is 308 g/mol. The van der Waals surface area contributed by atoms with E-state index in [0.29, 0.717) is 16.9 Å². The molecule has 0 bridgehead atoms. The molecule has 6 heteroatoms. The van der Waals surface area contributed by atoms with Gasteiger partial charge in [-0.25, -0.2) is 4.79 Å². The molecular formula is C18H20N2O4. The van der Waals surface area contributed by atoms with E-state index in [1.165, 1.54) is 6.20 Å². The predicted molar refractivity (Wildman–Crippen MR) is 89.1 cm³/mol. The van der Waals surface area contributed by atoms with Crippen molar-refractivity contribution in [3.8, 4) is 5.75 Å². The van der Waals surface area contributed by atoms with Crippen LogP contribution in [0.2, 0.25) is 0 Å². The van der Waals surface area contributed by atoms with E-state index in [2.05, 4.69) is 10.3 Å². The Balaban J connectivity index is 1.83. The minimum atomic E-state index is -0.484. The number of ether oxygens (including phenoxy) is 2. The SMILES string of the molecule is CC(C)Oc1ccccc1C(=O)OCCNC(=O)c1cccnc1. The number of pyridine rings is 1. The number of aromatic nitrogens is 1. The number of amides is 1. The van der Waals surface area contributed by atoms with E-state index >= 15 is 0 Å². The predicted octanol–water partition coefficient (Wildman–Crippen LogP) is 2.46. The molecule has 0 spiro atoms. The smallest absolute Gasteiger partial charge is 0.341 e. The van der Waals surface area contributed by atoms with Crippen LogP contribution in [-0.4, -0.2) is 36.1 Å². The minimum absolute atomic E-state index is 0.0438. The lowest BCUT2D eigenvalue weighted by Gasteiger charge is -2.13. The first-order valence-corrected chi connectivity index (χ1v) is 7.69. The zero-order valence-electron chi connectivity index (χ0n) is 13.7. The summed E-state index contributed by atoms with van der Waals surface area (Å²) in [5.74, 6) is -0.263. The Morgan fingerprint density at radius 1 is 1.17 bits per heavy atom. The largest absolute Gasteiger partial charge is 0.490 e. The molecule has 0 saturated heterocycles. The van der Waals surface area contributed by atoms with Crippen LogP contribution in [0.1, 0.15) is 34.6 Å². The van der Waals surface area contributed by atoms with Gasteiger partial charge in [0.25, 0.3) is 5.91 Å². The molecule has 2 rings (SSSR count). The van der Waals surface area contributed by atoms with Crippen LogP contribution in [0.5, 0.6) is 5.75 Å². The third-order valence-electron chi connectivity index (χ3n) is 3.01. The molecule has 1 heterocycles. The van der Waals surface area contributed by atoms with E-state index in [1.807, 2.05) is 13.8 Å². The van der Waals surface area contributed by atoms with Crippen LogP contribution < -0.4 is 10.1 Å². The van der Waals surface area contributed by atoms with Gasteiger partial charge in [0, 0.05) is 12.4 Å². The van der Waals surface area contributed by atoms with Gasteiger partial charge in [-0.05, 0) is 38.1 Å². The molecule has 126 valence electrons. The lowest BCUT2D eigenvalue weighted by atomic mass is 10.2. The minimum Gasteiger partial charge on any atom is -0.490 e. The van der Waals surface area contributed by atoms with Crippen molar-refractivity contribution < 1.29 is 19.1 Å². The molecule has 0 aliphatic rings. The maximum atomic E-state index is 12.1. The molecule has 2 aromatic rings. The first-order chi connectivity index (χ1) is 11.6. The second kappa shape index (κ2) is 8.67. The summed E-state index contributed by atoms with van der Waals surface area (Å²) < 4.78 is 10.8. The number of hydrogen-bond donors (Lipinski definition) is 1. The number of hydrogen-bond acceptors (Lipinski definition) is 5. The quantitative estimate of drug-likeness (QED) is 0.624. The number of carbonyl (C=O) groups is 2. The Kier molecular flexibility index (Phi) is 6.31. The summed E-state index contributed by atoms with van der Waals surface area (Å²) in [4.78, 5) is 27.8. The first kappa shape index (κ1) is 17.5. The van der Waals surface area contributed by atoms with Crippen molar-refractivity contribution >= 4 is 11.9 Å². The highest BCUT2D eigenvalue weighted by molar-refractivity contribution is 5.94. The summed E-state index contributed by atoms with van der Waals surface area (Å²) in [5, 5.41) is 2.67. The first-order valence-electron chi connectivity index (χ1n) is 7.69. The van der Waals surface area contributed by atoms with Gasteiger partial charge in [-0.2, -0.15) is 0 Å². The fraction of sp³-hybridized carbons (Fsp3) is 0.278. The highest BCUT2D eigenvalue weighted by atomic mass is 16.5. The third-order valence-corrected chi connectivity index (χ3v) is 3.01. The Morgan fingerprint density at radius 3 is 2.67 bits per heavy atom. The van der Waals surface area contributed by atoms with Crippen LogP contribution in [0, 0.1) is 0 Å². The lowest BCUT2D eigenvalue weighted by Crippen LogP contribution is -2.28. The molecule has 0 aliphatic carbocycles. The molecule has 24 heavy (non-hydrogen) atoms. The van der Waals surface area contributed by atoms with Gasteiger partial charge in [0.05, 0.1) is 18.2 Å². The third kappa shape index (κ3) is 5.08. The normalized spacial score (nSPS) is 10.3. The van der Waals surface area contributed by atoms with Crippen LogP contribution in [0.3, 0.4) is 0 Å². The topological polar surface area (TPSA) is 77.5 Å². The van der Waals surface area contributed by atoms with E-state index in [0.717, 1.165) is 0 Å². The molecule has 0 saturated carbocycles. The number of para-hydroxylation sites is 1. The molecule has 1 N–H and O–H groups in total. The fourth-order valence-corrected chi connectivity index (χ4v) is 1.98. The van der Waals surface area contributed by atoms with Gasteiger partial charge < -0.3 is 14.8 Å². The van der Waals surface area contributed by atoms with Crippen molar-refractivity contribution in [2.24, 2.45) is 0 Å². The molecule has 1 amide bonds. The lowest BCUT2D eigenvalue weighted by molar-refractivity contribution is 0.0497. The van der Waals surface area contributed by atoms with E-state index in [9.17, 15) is 9.59 Å². The number of esters is 1. The number of rotatable bonds is 7. The Labute approximate surface area is 140 Å². The van der Waals surface area contributed by atoms with Gasteiger partial charge in [0.15, 0.2) is 0 Å². The van der Waals surface area contributed by atoms with E-state index in [1.54, 1.807) is 42.6 Å². The van der Waals surface area contributed by atoms with Crippen molar-refractivity contribution in [1.29, 1.82) is 0 Å². The second-order valence-electron chi connectivity index (χ2n) is 5.30. The average molecular weight is 328 g/mol. The standard InChI is InChI=1S/C18H20N2O4/c1-13(2)24-16-8-4-3-7-15(16)18(22)23-11-10-20-17(21)14-6-5-9-19-12-14/h3-9,12-13H,10-11H2,1-2H3,(H,20,21). The molecule has 1 aromatic carbocycles. The van der Waals surface area contributed by atoms with Gasteiger partial charge in [-0.3, -0.25) is 9.78 Å². The van der Waals surface area contributed by atoms with Gasteiger partial charge in [0.1, 0.15) is 17.9 Å². The highest BCUT2D eigenvalue weighted by Gasteiger charge is 2.14. The van der Waals surface area contributed by atoms with Gasteiger partial charge in [-0.1, -0.05) is 12.1 Å². The summed E-state index contributed by atoms with van der Waals surface area (Å²) in [6, 6.07) is 10.3. The summed E-state index contributed by atoms with van der Waals surface area (Å²) in [5.41, 5.74) is 0.823. The van der Waals surface area contributed by atoms with Gasteiger partial charge in [0.2, 0.25) is 0 Å². The molecule has 0 aliphatic heterocycles. The van der Waals surface area contributed by atoms with Crippen molar-refractivity contribution in [3.05, 3.63) is 59.9 Å². The zero-order valence-corrected chi connectivity index (χ0v) is 13.7. The average Bonchev–Trinajstić information content (AvgIpc) is 2.59. The molecule has 1 aromatic heterocycles. The summed E-state index contributed by atoms with van der Waals surface area (Å²) in [6.45, 7) is 4.06. The van der Waals surface area contributed by atoms with Crippen molar-refractivity contribution in [1.82, 2.24) is 10.3 Å². The van der Waals surface area contributed by atoms with Crippen molar-refractivity contribution in [3.63, 3.8) is 0 Å². The number of benzene rings is 1. The van der Waals surface area contributed by atoms with E-state index in [4.69, 9.17) is 9.47 Å². The van der Waals surface area contributed by atoms with Crippen molar-refractivity contribution in [2.45, 2.75) is 20.0 Å². The number of nitrogens with one attached hydrogen (secondary N) is 1. The maximum absolute atomic E-state index is 12.1. The Morgan fingerprint density at radius 2 is 1.96 bits per heavy atom. The van der Waals surface area contributed by atoms with Gasteiger partial charge >= 0.3 is 5.97 Å². The second-order valence-corrected chi connectivity index (χ2v) is 5.30. The van der Waals surface area contributed by atoms with Crippen LogP contribution in [-0.2, 0) is 4.74 Å². The molecule has 0 radical (unpaired) electrons. The molecule has 0 unspecified atom stereocenters. The molecule has 0 fully saturated rings. The highest BCUT2D eigenvalue weighted by Crippen LogP contribution is 2.20. The molecule has 6 nitrogen and oxygen atoms in total. The summed E-state index contributed by atoms with van der Waals surface area (Å²) in [6.07, 6.45) is 3.02. The van der Waals surface area contributed by atoms with Crippen LogP contribution >= 0.6 is 0 Å². The number of nitrogens with zero attached hydrogens (tertiary/aromatic N) is 1. The summed E-state index contributed by atoms with van der Waals surface area (Å²) >= 11 is 0. The van der Waals surface area contributed by atoms with Crippen LogP contribution in [0.15, 0.2) is 48.8 Å².